The first-order valence-corrected chi connectivity index (χ1v) is 14.8. The van der Waals surface area contributed by atoms with Gasteiger partial charge in [0, 0.05) is 54.4 Å². The maximum Gasteiger partial charge on any atom is 0.512 e. The van der Waals surface area contributed by atoms with Gasteiger partial charge in [0.05, 0.1) is 25.3 Å². The van der Waals surface area contributed by atoms with Gasteiger partial charge in [0.2, 0.25) is 6.73 Å². The number of halogens is 1. The highest BCUT2D eigenvalue weighted by atomic mass is 19.1. The molecule has 4 aromatic rings. The van der Waals surface area contributed by atoms with E-state index in [9.17, 15) is 19.1 Å². The van der Waals surface area contributed by atoms with Crippen molar-refractivity contribution in [1.82, 2.24) is 14.7 Å². The molecule has 1 unspecified atom stereocenters. The summed E-state index contributed by atoms with van der Waals surface area (Å²) in [6, 6.07) is 13.9. The molecular weight excluding hydrogens is 555 g/mol. The first-order chi connectivity index (χ1) is 20.8. The second-order valence-corrected chi connectivity index (χ2v) is 11.7. The third kappa shape index (κ3) is 6.18. The summed E-state index contributed by atoms with van der Waals surface area (Å²) in [7, 11) is 0. The molecule has 2 aromatic heterocycles. The average molecular weight is 592 g/mol. The zero-order chi connectivity index (χ0) is 30.0. The maximum absolute atomic E-state index is 13.7. The number of carbonyl (C=O) groups excluding carboxylic acids is 1. The van der Waals surface area contributed by atoms with Crippen LogP contribution in [-0.4, -0.2) is 56.8 Å². The van der Waals surface area contributed by atoms with Gasteiger partial charge in [-0.2, -0.15) is 0 Å². The van der Waals surface area contributed by atoms with Gasteiger partial charge in [0.15, 0.2) is 5.58 Å². The number of aliphatic hydroxyl groups excluding tert-OH is 1. The maximum atomic E-state index is 13.7. The largest absolute Gasteiger partial charge is 0.512 e. The highest BCUT2D eigenvalue weighted by Crippen LogP contribution is 2.35. The topological polar surface area (TPSA) is 117 Å². The first kappa shape index (κ1) is 29.0. The second-order valence-electron chi connectivity index (χ2n) is 11.7. The fourth-order valence-corrected chi connectivity index (χ4v) is 6.38. The van der Waals surface area contributed by atoms with Crippen molar-refractivity contribution in [3.63, 3.8) is 0 Å². The lowest BCUT2D eigenvalue weighted by Crippen LogP contribution is -2.55. The van der Waals surface area contributed by atoms with Gasteiger partial charge in [-0.3, -0.25) is 13.8 Å². The number of carbonyl (C=O) groups is 1. The molecule has 2 aliphatic rings. The molecule has 226 valence electrons. The van der Waals surface area contributed by atoms with Crippen LogP contribution in [0.2, 0.25) is 0 Å². The van der Waals surface area contributed by atoms with E-state index < -0.39 is 12.3 Å². The Labute approximate surface area is 248 Å². The predicted molar refractivity (Wildman–Crippen MR) is 155 cm³/mol. The van der Waals surface area contributed by atoms with Crippen molar-refractivity contribution in [2.24, 2.45) is 0 Å². The molecular formula is C32H36FN4O6+. The van der Waals surface area contributed by atoms with E-state index in [2.05, 4.69) is 10.1 Å². The predicted octanol–water partition coefficient (Wildman–Crippen LogP) is 4.91. The molecule has 4 heterocycles. The first-order valence-electron chi connectivity index (χ1n) is 14.8. The lowest BCUT2D eigenvalue weighted by molar-refractivity contribution is -0.948. The number of aromatic nitrogens is 3. The third-order valence-electron chi connectivity index (χ3n) is 8.90. The molecule has 0 bridgehead atoms. The number of hydrogen-bond acceptors (Lipinski definition) is 8. The number of ether oxygens (including phenoxy) is 2. The number of aryl methyl sites for hydroxylation is 1. The molecule has 43 heavy (non-hydrogen) atoms. The highest BCUT2D eigenvalue weighted by Gasteiger charge is 2.38. The third-order valence-corrected chi connectivity index (χ3v) is 8.90. The summed E-state index contributed by atoms with van der Waals surface area (Å²) in [6.07, 6.45) is 1.79. The van der Waals surface area contributed by atoms with Gasteiger partial charge >= 0.3 is 6.16 Å². The summed E-state index contributed by atoms with van der Waals surface area (Å²) in [5, 5.41) is 15.5. The van der Waals surface area contributed by atoms with E-state index in [0.717, 1.165) is 35.9 Å². The van der Waals surface area contributed by atoms with Gasteiger partial charge in [-0.25, -0.2) is 14.2 Å². The van der Waals surface area contributed by atoms with E-state index in [1.807, 2.05) is 37.3 Å². The molecule has 2 aliphatic heterocycles. The Balaban J connectivity index is 1.18. The van der Waals surface area contributed by atoms with Gasteiger partial charge in [-0.05, 0) is 37.5 Å². The van der Waals surface area contributed by atoms with Crippen LogP contribution in [0.25, 0.3) is 11.0 Å². The van der Waals surface area contributed by atoms with Gasteiger partial charge in [-0.15, -0.1) is 0 Å². The van der Waals surface area contributed by atoms with Gasteiger partial charge in [0.25, 0.3) is 5.56 Å². The molecule has 0 radical (unpaired) electrons. The van der Waals surface area contributed by atoms with E-state index >= 15 is 0 Å². The zero-order valence-electron chi connectivity index (χ0n) is 24.2. The Morgan fingerprint density at radius 3 is 2.72 bits per heavy atom. The van der Waals surface area contributed by atoms with Crippen molar-refractivity contribution in [2.75, 3.05) is 26.4 Å². The smallest absolute Gasteiger partial charge is 0.429 e. The molecule has 1 fully saturated rings. The number of quaternary nitrogens is 1. The monoisotopic (exact) mass is 591 g/mol. The van der Waals surface area contributed by atoms with Crippen molar-refractivity contribution in [2.45, 2.75) is 64.2 Å². The van der Waals surface area contributed by atoms with Crippen LogP contribution in [0.5, 0.6) is 0 Å². The Morgan fingerprint density at radius 2 is 1.93 bits per heavy atom. The minimum atomic E-state index is -0.742. The second kappa shape index (κ2) is 12.3. The van der Waals surface area contributed by atoms with E-state index in [1.54, 1.807) is 10.6 Å². The molecule has 0 saturated carbocycles. The minimum absolute atomic E-state index is 0.0993. The quantitative estimate of drug-likeness (QED) is 0.227. The summed E-state index contributed by atoms with van der Waals surface area (Å²) in [5.74, 6) is 0.164. The summed E-state index contributed by atoms with van der Waals surface area (Å²) >= 11 is 0. The van der Waals surface area contributed by atoms with Crippen LogP contribution in [0.3, 0.4) is 0 Å². The zero-order valence-corrected chi connectivity index (χ0v) is 24.2. The number of likely N-dealkylation sites (tertiary alicyclic amines) is 1. The summed E-state index contributed by atoms with van der Waals surface area (Å²) in [5.41, 5.74) is 3.22. The molecule has 2 aromatic carbocycles. The average Bonchev–Trinajstić information content (AvgIpc) is 3.43. The van der Waals surface area contributed by atoms with Gasteiger partial charge < -0.3 is 19.1 Å². The lowest BCUT2D eigenvalue weighted by Gasteiger charge is -2.42. The number of hydrogen-bond donors (Lipinski definition) is 1. The Kier molecular flexibility index (Phi) is 8.27. The molecule has 0 aliphatic carbocycles. The normalized spacial score (nSPS) is 21.8. The van der Waals surface area contributed by atoms with Crippen LogP contribution in [0, 0.1) is 12.7 Å². The molecule has 11 heteroatoms. The molecule has 1 N–H and O–H groups in total. The van der Waals surface area contributed by atoms with Crippen LogP contribution >= 0.6 is 0 Å². The molecule has 6 rings (SSSR count). The number of fused-ring (bicyclic) bond motifs is 2. The van der Waals surface area contributed by atoms with Gasteiger partial charge in [0.1, 0.15) is 24.4 Å². The highest BCUT2D eigenvalue weighted by molar-refractivity contribution is 5.79. The Morgan fingerprint density at radius 1 is 1.14 bits per heavy atom. The Bertz CT molecular complexity index is 1660. The molecule has 0 spiro atoms. The summed E-state index contributed by atoms with van der Waals surface area (Å²) < 4.78 is 32.2. The van der Waals surface area contributed by atoms with E-state index in [-0.39, 0.29) is 30.6 Å². The van der Waals surface area contributed by atoms with Crippen LogP contribution in [0.1, 0.15) is 66.0 Å². The summed E-state index contributed by atoms with van der Waals surface area (Å²) in [6.45, 7) is 4.47. The molecule has 1 atom stereocenters. The standard InChI is InChI=1S/C32H36FN4O6/c1-21-25(31(39)36-14-5-8-27(38)30(36)34-21)13-17-37(20-42-32(40)41-19-22-6-3-2-4-7-22)15-11-23(12-16-37)29-26-10-9-24(33)18-28(26)43-35-29/h2-4,6-7,9-10,18,23,27,38H,5,8,11-17,19-20H2,1H3/q+1. The number of aliphatic hydroxyl groups is 1. The number of piperidine rings is 1. The van der Waals surface area contributed by atoms with Crippen molar-refractivity contribution >= 4 is 17.1 Å². The number of benzene rings is 2. The van der Waals surface area contributed by atoms with Crippen molar-refractivity contribution in [3.8, 4) is 0 Å². The minimum Gasteiger partial charge on any atom is -0.429 e. The molecule has 10 nitrogen and oxygen atoms in total. The van der Waals surface area contributed by atoms with Gasteiger partial charge in [-0.1, -0.05) is 35.5 Å². The lowest BCUT2D eigenvalue weighted by atomic mass is 9.90. The summed E-state index contributed by atoms with van der Waals surface area (Å²) in [4.78, 5) is 30.7. The molecule has 1 saturated heterocycles. The van der Waals surface area contributed by atoms with E-state index in [4.69, 9.17) is 14.0 Å². The number of rotatable bonds is 8. The fraction of sp³-hybridized carbons (Fsp3) is 0.438. The molecule has 0 amide bonds. The van der Waals surface area contributed by atoms with Crippen LogP contribution in [0.15, 0.2) is 57.8 Å². The van der Waals surface area contributed by atoms with E-state index in [0.29, 0.717) is 66.2 Å². The van der Waals surface area contributed by atoms with Crippen LogP contribution in [-0.2, 0) is 29.0 Å². The van der Waals surface area contributed by atoms with E-state index in [1.165, 1.54) is 12.1 Å². The van der Waals surface area contributed by atoms with Crippen molar-refractivity contribution in [3.05, 3.63) is 93.0 Å². The number of nitrogens with zero attached hydrogens (tertiary/aromatic N) is 4. The van der Waals surface area contributed by atoms with Crippen molar-refractivity contribution in [1.29, 1.82) is 0 Å². The van der Waals surface area contributed by atoms with Crippen LogP contribution < -0.4 is 5.56 Å². The van der Waals surface area contributed by atoms with Crippen molar-refractivity contribution < 1.29 is 32.8 Å². The Hall–Kier alpha value is -4.09. The SMILES string of the molecule is Cc1nc2n(c(=O)c1CC[N+]1(COC(=O)OCc3ccccc3)CCC(c3noc4cc(F)ccc34)CC1)CCCC2O. The van der Waals surface area contributed by atoms with Crippen LogP contribution in [0.4, 0.5) is 9.18 Å². The fourth-order valence-electron chi connectivity index (χ4n) is 6.38.